The van der Waals surface area contributed by atoms with Gasteiger partial charge in [-0.1, -0.05) is 0 Å². The molecule has 5 nitrogen and oxygen atoms in total. The van der Waals surface area contributed by atoms with E-state index in [1.165, 1.54) is 12.8 Å². The molecule has 20 heavy (non-hydrogen) atoms. The highest BCUT2D eigenvalue weighted by Gasteiger charge is 2.14. The predicted octanol–water partition coefficient (Wildman–Crippen LogP) is 1.58. The van der Waals surface area contributed by atoms with Crippen LogP contribution in [0.25, 0.3) is 0 Å². The highest BCUT2D eigenvalue weighted by molar-refractivity contribution is 5.94. The van der Waals surface area contributed by atoms with E-state index in [4.69, 9.17) is 9.47 Å². The van der Waals surface area contributed by atoms with E-state index in [9.17, 15) is 4.79 Å². The van der Waals surface area contributed by atoms with Gasteiger partial charge in [0.1, 0.15) is 0 Å². The average molecular weight is 278 g/mol. The highest BCUT2D eigenvalue weighted by atomic mass is 16.5. The maximum absolute atomic E-state index is 12.1. The van der Waals surface area contributed by atoms with Crippen LogP contribution in [0.15, 0.2) is 18.2 Å². The van der Waals surface area contributed by atoms with E-state index in [1.54, 1.807) is 32.4 Å². The number of methoxy groups -OCH3 is 2. The van der Waals surface area contributed by atoms with Crippen LogP contribution >= 0.6 is 0 Å². The molecule has 110 valence electrons. The molecule has 0 aliphatic carbocycles. The normalized spacial score (nSPS) is 17.8. The number of ether oxygens (including phenoxy) is 2. The first kappa shape index (κ1) is 14.7. The average Bonchev–Trinajstić information content (AvgIpc) is 2.99. The van der Waals surface area contributed by atoms with Crippen LogP contribution in [0.4, 0.5) is 0 Å². The van der Waals surface area contributed by atoms with Crippen molar-refractivity contribution < 1.29 is 14.3 Å². The molecule has 0 spiro atoms. The van der Waals surface area contributed by atoms with Crippen molar-refractivity contribution >= 4 is 5.91 Å². The zero-order chi connectivity index (χ0) is 14.4. The van der Waals surface area contributed by atoms with Gasteiger partial charge in [-0.3, -0.25) is 4.79 Å². The number of rotatable bonds is 6. The van der Waals surface area contributed by atoms with E-state index in [0.717, 1.165) is 13.0 Å². The zero-order valence-electron chi connectivity index (χ0n) is 12.1. The number of carbonyl (C=O) groups excluding carboxylic acids is 1. The number of hydrogen-bond acceptors (Lipinski definition) is 4. The van der Waals surface area contributed by atoms with Crippen molar-refractivity contribution in [1.29, 1.82) is 0 Å². The monoisotopic (exact) mass is 278 g/mol. The van der Waals surface area contributed by atoms with Gasteiger partial charge in [-0.25, -0.2) is 0 Å². The van der Waals surface area contributed by atoms with E-state index in [0.29, 0.717) is 29.6 Å². The summed E-state index contributed by atoms with van der Waals surface area (Å²) < 4.78 is 10.4. The first-order valence-corrected chi connectivity index (χ1v) is 6.98. The topological polar surface area (TPSA) is 59.6 Å². The van der Waals surface area contributed by atoms with Crippen LogP contribution in [0.3, 0.4) is 0 Å². The molecule has 0 radical (unpaired) electrons. The van der Waals surface area contributed by atoms with Gasteiger partial charge in [-0.05, 0) is 44.0 Å². The van der Waals surface area contributed by atoms with Crippen molar-refractivity contribution in [3.63, 3.8) is 0 Å². The van der Waals surface area contributed by atoms with Crippen LogP contribution in [-0.4, -0.2) is 39.3 Å². The van der Waals surface area contributed by atoms with Gasteiger partial charge in [0.05, 0.1) is 14.2 Å². The van der Waals surface area contributed by atoms with Gasteiger partial charge in [0, 0.05) is 18.2 Å². The summed E-state index contributed by atoms with van der Waals surface area (Å²) in [4.78, 5) is 12.1. The summed E-state index contributed by atoms with van der Waals surface area (Å²) >= 11 is 0. The molecule has 1 saturated heterocycles. The molecule has 1 heterocycles. The maximum Gasteiger partial charge on any atom is 0.251 e. The molecule has 0 aromatic heterocycles. The summed E-state index contributed by atoms with van der Waals surface area (Å²) in [6.07, 6.45) is 3.40. The standard InChI is InChI=1S/C15H22N2O3/c1-19-13-6-5-11(10-14(13)20-2)15(18)17-9-7-12-4-3-8-16-12/h5-6,10,12,16H,3-4,7-9H2,1-2H3,(H,17,18)/t12-/m1/s1. The Morgan fingerprint density at radius 1 is 1.35 bits per heavy atom. The van der Waals surface area contributed by atoms with Gasteiger partial charge >= 0.3 is 0 Å². The summed E-state index contributed by atoms with van der Waals surface area (Å²) in [6, 6.07) is 5.72. The molecule has 0 saturated carbocycles. The Balaban J connectivity index is 1.88. The van der Waals surface area contributed by atoms with Crippen molar-refractivity contribution in [1.82, 2.24) is 10.6 Å². The number of nitrogens with one attached hydrogen (secondary N) is 2. The Morgan fingerprint density at radius 3 is 2.80 bits per heavy atom. The minimum Gasteiger partial charge on any atom is -0.493 e. The Labute approximate surface area is 119 Å². The molecule has 1 aliphatic heterocycles. The summed E-state index contributed by atoms with van der Waals surface area (Å²) in [6.45, 7) is 1.78. The van der Waals surface area contributed by atoms with Crippen LogP contribution in [0.5, 0.6) is 11.5 Å². The minimum absolute atomic E-state index is 0.0797. The van der Waals surface area contributed by atoms with Gasteiger partial charge < -0.3 is 20.1 Å². The van der Waals surface area contributed by atoms with Crippen LogP contribution in [0.2, 0.25) is 0 Å². The van der Waals surface area contributed by atoms with Crippen LogP contribution in [0.1, 0.15) is 29.6 Å². The molecule has 1 aromatic carbocycles. The van der Waals surface area contributed by atoms with E-state index in [2.05, 4.69) is 10.6 Å². The molecule has 1 amide bonds. The zero-order valence-corrected chi connectivity index (χ0v) is 12.1. The molecule has 1 aliphatic rings. The minimum atomic E-state index is -0.0797. The van der Waals surface area contributed by atoms with E-state index in [-0.39, 0.29) is 5.91 Å². The lowest BCUT2D eigenvalue weighted by Gasteiger charge is -2.12. The largest absolute Gasteiger partial charge is 0.493 e. The molecule has 5 heteroatoms. The second-order valence-corrected chi connectivity index (χ2v) is 4.91. The van der Waals surface area contributed by atoms with Gasteiger partial charge in [-0.2, -0.15) is 0 Å². The number of hydrogen-bond donors (Lipinski definition) is 2. The van der Waals surface area contributed by atoms with E-state index >= 15 is 0 Å². The number of carbonyl (C=O) groups is 1. The molecule has 2 N–H and O–H groups in total. The number of benzene rings is 1. The fraction of sp³-hybridized carbons (Fsp3) is 0.533. The van der Waals surface area contributed by atoms with Crippen molar-refractivity contribution in [3.05, 3.63) is 23.8 Å². The van der Waals surface area contributed by atoms with E-state index in [1.807, 2.05) is 0 Å². The molecule has 2 rings (SSSR count). The molecule has 1 aromatic rings. The lowest BCUT2D eigenvalue weighted by molar-refractivity contribution is 0.0952. The first-order valence-electron chi connectivity index (χ1n) is 6.98. The number of amides is 1. The Kier molecular flexibility index (Phi) is 5.24. The molecule has 0 unspecified atom stereocenters. The second-order valence-electron chi connectivity index (χ2n) is 4.91. The summed E-state index contributed by atoms with van der Waals surface area (Å²) in [5, 5.41) is 6.35. The maximum atomic E-state index is 12.1. The molecule has 1 fully saturated rings. The van der Waals surface area contributed by atoms with Gasteiger partial charge in [0.2, 0.25) is 0 Å². The lowest BCUT2D eigenvalue weighted by atomic mass is 10.1. The first-order chi connectivity index (χ1) is 9.74. The Morgan fingerprint density at radius 2 is 2.15 bits per heavy atom. The van der Waals surface area contributed by atoms with Crippen LogP contribution in [-0.2, 0) is 0 Å². The SMILES string of the molecule is COc1ccc(C(=O)NCC[C@H]2CCCN2)cc1OC. The van der Waals surface area contributed by atoms with Crippen molar-refractivity contribution in [2.24, 2.45) is 0 Å². The summed E-state index contributed by atoms with van der Waals surface area (Å²) in [5.74, 6) is 1.11. The van der Waals surface area contributed by atoms with Gasteiger partial charge in [-0.15, -0.1) is 0 Å². The molecular formula is C15H22N2O3. The van der Waals surface area contributed by atoms with Crippen molar-refractivity contribution in [2.75, 3.05) is 27.3 Å². The second kappa shape index (κ2) is 7.14. The Bertz CT molecular complexity index is 456. The van der Waals surface area contributed by atoms with Gasteiger partial charge in [0.25, 0.3) is 5.91 Å². The van der Waals surface area contributed by atoms with Crippen molar-refractivity contribution in [3.8, 4) is 11.5 Å². The molecule has 1 atom stereocenters. The smallest absolute Gasteiger partial charge is 0.251 e. The fourth-order valence-corrected chi connectivity index (χ4v) is 2.44. The Hall–Kier alpha value is -1.75. The third kappa shape index (κ3) is 3.63. The lowest BCUT2D eigenvalue weighted by Crippen LogP contribution is -2.30. The molecule has 0 bridgehead atoms. The van der Waals surface area contributed by atoms with Gasteiger partial charge in [0.15, 0.2) is 11.5 Å². The fourth-order valence-electron chi connectivity index (χ4n) is 2.44. The van der Waals surface area contributed by atoms with Crippen LogP contribution in [0, 0.1) is 0 Å². The molecular weight excluding hydrogens is 256 g/mol. The predicted molar refractivity (Wildman–Crippen MR) is 77.5 cm³/mol. The van der Waals surface area contributed by atoms with Crippen LogP contribution < -0.4 is 20.1 Å². The third-order valence-electron chi connectivity index (χ3n) is 3.59. The van der Waals surface area contributed by atoms with E-state index < -0.39 is 0 Å². The highest BCUT2D eigenvalue weighted by Crippen LogP contribution is 2.27. The summed E-state index contributed by atoms with van der Waals surface area (Å²) in [5.41, 5.74) is 0.585. The quantitative estimate of drug-likeness (QED) is 0.829. The summed E-state index contributed by atoms with van der Waals surface area (Å²) in [7, 11) is 3.14. The van der Waals surface area contributed by atoms with Crippen molar-refractivity contribution in [2.45, 2.75) is 25.3 Å². The third-order valence-corrected chi connectivity index (χ3v) is 3.59.